The number of benzene rings is 1. The van der Waals surface area contributed by atoms with Gasteiger partial charge in [0.15, 0.2) is 16.9 Å². The molecule has 0 unspecified atom stereocenters. The number of allylic oxidation sites excluding steroid dienone is 1. The van der Waals surface area contributed by atoms with Crippen LogP contribution < -0.4 is 11.2 Å². The fourth-order valence-electron chi connectivity index (χ4n) is 2.83. The Bertz CT molecular complexity index is 1190. The highest BCUT2D eigenvalue weighted by molar-refractivity contribution is 6.32. The van der Waals surface area contributed by atoms with Gasteiger partial charge in [0.1, 0.15) is 0 Å². The summed E-state index contributed by atoms with van der Waals surface area (Å²) in [7, 11) is 0. The highest BCUT2D eigenvalue weighted by Gasteiger charge is 2.25. The number of nitrogens with zero attached hydrogens (tertiary/aromatic N) is 4. The lowest BCUT2D eigenvalue weighted by atomic mass is 9.91. The second kappa shape index (κ2) is 7.24. The Morgan fingerprint density at radius 2 is 1.93 bits per heavy atom. The zero-order valence-corrected chi connectivity index (χ0v) is 16.7. The standard InChI is InChI=1S/C20H21ClN4O3/c1-5-10-24-18(27)16-17(22-12-23(16)11-15(26)20(2,3)4)25(19(24)28)14-9-7-6-8-13(14)21/h5-9,12H,1,10-11H2,2-4H3. The first-order valence-electron chi connectivity index (χ1n) is 8.76. The minimum Gasteiger partial charge on any atom is -0.317 e. The van der Waals surface area contributed by atoms with Gasteiger partial charge >= 0.3 is 5.69 Å². The first-order valence-corrected chi connectivity index (χ1v) is 9.14. The second-order valence-electron chi connectivity index (χ2n) is 7.49. The van der Waals surface area contributed by atoms with Gasteiger partial charge in [0, 0.05) is 12.0 Å². The second-order valence-corrected chi connectivity index (χ2v) is 7.90. The summed E-state index contributed by atoms with van der Waals surface area (Å²) in [6, 6.07) is 6.81. The lowest BCUT2D eigenvalue weighted by molar-refractivity contribution is -0.126. The molecule has 0 amide bonds. The van der Waals surface area contributed by atoms with Gasteiger partial charge in [0.05, 0.1) is 23.6 Å². The van der Waals surface area contributed by atoms with Crippen molar-refractivity contribution in [2.45, 2.75) is 33.9 Å². The van der Waals surface area contributed by atoms with Crippen LogP contribution in [0, 0.1) is 5.41 Å². The van der Waals surface area contributed by atoms with Crippen molar-refractivity contribution < 1.29 is 4.79 Å². The van der Waals surface area contributed by atoms with E-state index in [4.69, 9.17) is 11.6 Å². The van der Waals surface area contributed by atoms with Gasteiger partial charge < -0.3 is 4.57 Å². The lowest BCUT2D eigenvalue weighted by Crippen LogP contribution is -2.40. The smallest absolute Gasteiger partial charge is 0.317 e. The molecule has 2 aromatic heterocycles. The summed E-state index contributed by atoms with van der Waals surface area (Å²) < 4.78 is 3.83. The number of carbonyl (C=O) groups excluding carboxylic acids is 1. The van der Waals surface area contributed by atoms with Crippen LogP contribution in [0.4, 0.5) is 0 Å². The summed E-state index contributed by atoms with van der Waals surface area (Å²) in [5, 5.41) is 0.343. The molecule has 28 heavy (non-hydrogen) atoms. The average molecular weight is 401 g/mol. The number of ketones is 1. The minimum atomic E-state index is -0.575. The molecule has 8 heteroatoms. The molecule has 0 bridgehead atoms. The normalized spacial score (nSPS) is 11.7. The van der Waals surface area contributed by atoms with Crippen LogP contribution in [0.1, 0.15) is 20.8 Å². The van der Waals surface area contributed by atoms with E-state index in [1.54, 1.807) is 24.3 Å². The van der Waals surface area contributed by atoms with E-state index in [1.165, 1.54) is 21.5 Å². The van der Waals surface area contributed by atoms with Crippen molar-refractivity contribution in [1.29, 1.82) is 0 Å². The van der Waals surface area contributed by atoms with Gasteiger partial charge in [-0.15, -0.1) is 6.58 Å². The summed E-state index contributed by atoms with van der Waals surface area (Å²) in [5.74, 6) is -0.0584. The summed E-state index contributed by atoms with van der Waals surface area (Å²) >= 11 is 6.30. The molecular formula is C20H21ClN4O3. The number of hydrogen-bond donors (Lipinski definition) is 0. The molecule has 7 nitrogen and oxygen atoms in total. The molecule has 0 radical (unpaired) electrons. The van der Waals surface area contributed by atoms with E-state index in [-0.39, 0.29) is 30.0 Å². The molecule has 0 atom stereocenters. The van der Waals surface area contributed by atoms with Crippen LogP contribution in [0.5, 0.6) is 0 Å². The van der Waals surface area contributed by atoms with Gasteiger partial charge in [-0.05, 0) is 12.1 Å². The number of imidazole rings is 1. The molecule has 0 N–H and O–H groups in total. The Balaban J connectivity index is 2.38. The van der Waals surface area contributed by atoms with Gasteiger partial charge in [-0.3, -0.25) is 14.2 Å². The minimum absolute atomic E-state index is 0.0238. The third-order valence-electron chi connectivity index (χ3n) is 4.46. The van der Waals surface area contributed by atoms with Crippen molar-refractivity contribution in [2.75, 3.05) is 0 Å². The number of para-hydroxylation sites is 1. The molecule has 2 heterocycles. The van der Waals surface area contributed by atoms with Crippen molar-refractivity contribution in [1.82, 2.24) is 18.7 Å². The van der Waals surface area contributed by atoms with Crippen molar-refractivity contribution in [3.05, 3.63) is 69.1 Å². The largest absolute Gasteiger partial charge is 0.337 e. The molecule has 0 saturated heterocycles. The zero-order chi connectivity index (χ0) is 20.6. The van der Waals surface area contributed by atoms with Crippen molar-refractivity contribution in [2.24, 2.45) is 5.41 Å². The third kappa shape index (κ3) is 3.33. The molecule has 0 fully saturated rings. The van der Waals surface area contributed by atoms with Gasteiger partial charge in [-0.1, -0.05) is 50.6 Å². The molecule has 0 aliphatic heterocycles. The average Bonchev–Trinajstić information content (AvgIpc) is 3.03. The monoisotopic (exact) mass is 400 g/mol. The van der Waals surface area contributed by atoms with Gasteiger partial charge in [-0.2, -0.15) is 0 Å². The van der Waals surface area contributed by atoms with Crippen LogP contribution in [0.3, 0.4) is 0 Å². The fraction of sp³-hybridized carbons (Fsp3) is 0.300. The predicted octanol–water partition coefficient (Wildman–Crippen LogP) is 2.80. The number of carbonyl (C=O) groups is 1. The highest BCUT2D eigenvalue weighted by Crippen LogP contribution is 2.22. The summed E-state index contributed by atoms with van der Waals surface area (Å²) in [4.78, 5) is 42.8. The van der Waals surface area contributed by atoms with Crippen LogP contribution >= 0.6 is 11.6 Å². The van der Waals surface area contributed by atoms with Gasteiger partial charge in [0.2, 0.25) is 0 Å². The van der Waals surface area contributed by atoms with Gasteiger partial charge in [-0.25, -0.2) is 14.3 Å². The Hall–Kier alpha value is -2.93. The Kier molecular flexibility index (Phi) is 5.12. The van der Waals surface area contributed by atoms with Crippen LogP contribution in [-0.2, 0) is 17.9 Å². The van der Waals surface area contributed by atoms with Crippen LogP contribution in [0.25, 0.3) is 16.9 Å². The predicted molar refractivity (Wildman–Crippen MR) is 109 cm³/mol. The Labute approximate surface area is 166 Å². The quantitative estimate of drug-likeness (QED) is 0.617. The molecule has 3 aromatic rings. The zero-order valence-electron chi connectivity index (χ0n) is 16.0. The molecular weight excluding hydrogens is 380 g/mol. The van der Waals surface area contributed by atoms with E-state index in [0.29, 0.717) is 10.7 Å². The first-order chi connectivity index (χ1) is 13.2. The number of halogens is 1. The Morgan fingerprint density at radius 1 is 1.25 bits per heavy atom. The summed E-state index contributed by atoms with van der Waals surface area (Å²) in [6.45, 7) is 9.05. The number of hydrogen-bond acceptors (Lipinski definition) is 4. The fourth-order valence-corrected chi connectivity index (χ4v) is 3.05. The number of fused-ring (bicyclic) bond motifs is 1. The molecule has 146 valence electrons. The SMILES string of the molecule is C=CCn1c(=O)c2c(ncn2CC(=O)C(C)(C)C)n(-c2ccccc2Cl)c1=O. The molecule has 0 aliphatic rings. The molecule has 0 spiro atoms. The van der Waals surface area contributed by atoms with E-state index < -0.39 is 16.7 Å². The summed E-state index contributed by atoms with van der Waals surface area (Å²) in [6.07, 6.45) is 2.87. The first kappa shape index (κ1) is 19.8. The van der Waals surface area contributed by atoms with E-state index in [2.05, 4.69) is 11.6 Å². The molecule has 0 saturated carbocycles. The molecule has 1 aromatic carbocycles. The van der Waals surface area contributed by atoms with Crippen LogP contribution in [0.2, 0.25) is 5.02 Å². The maximum Gasteiger partial charge on any atom is 0.337 e. The highest BCUT2D eigenvalue weighted by atomic mass is 35.5. The number of Topliss-reactive ketones (excluding diaryl/α,β-unsaturated/α-hetero) is 1. The van der Waals surface area contributed by atoms with Crippen LogP contribution in [0.15, 0.2) is 52.8 Å². The molecule has 0 aliphatic carbocycles. The van der Waals surface area contributed by atoms with E-state index >= 15 is 0 Å². The van der Waals surface area contributed by atoms with E-state index in [1.807, 2.05) is 20.8 Å². The third-order valence-corrected chi connectivity index (χ3v) is 4.78. The summed E-state index contributed by atoms with van der Waals surface area (Å²) in [5.41, 5.74) is -0.942. The van der Waals surface area contributed by atoms with Crippen LogP contribution in [-0.4, -0.2) is 24.5 Å². The number of aromatic nitrogens is 4. The van der Waals surface area contributed by atoms with E-state index in [0.717, 1.165) is 4.57 Å². The molecule has 3 rings (SSSR count). The maximum atomic E-state index is 13.0. The lowest BCUT2D eigenvalue weighted by Gasteiger charge is -2.17. The van der Waals surface area contributed by atoms with E-state index in [9.17, 15) is 14.4 Å². The number of rotatable bonds is 5. The van der Waals surface area contributed by atoms with Gasteiger partial charge in [0.25, 0.3) is 5.56 Å². The topological polar surface area (TPSA) is 78.9 Å². The Morgan fingerprint density at radius 3 is 2.54 bits per heavy atom. The maximum absolute atomic E-state index is 13.0. The van der Waals surface area contributed by atoms with Crippen molar-refractivity contribution >= 4 is 28.5 Å². The van der Waals surface area contributed by atoms with Crippen molar-refractivity contribution in [3.63, 3.8) is 0 Å². The van der Waals surface area contributed by atoms with Crippen molar-refractivity contribution in [3.8, 4) is 5.69 Å².